The van der Waals surface area contributed by atoms with Crippen LogP contribution < -0.4 is 5.73 Å². The van der Waals surface area contributed by atoms with E-state index in [4.69, 9.17) is 10.2 Å². The molecular formula is C17H15N3O. The molecule has 2 aromatic carbocycles. The van der Waals surface area contributed by atoms with Gasteiger partial charge in [-0.2, -0.15) is 0 Å². The Balaban J connectivity index is 1.77. The first-order valence-corrected chi connectivity index (χ1v) is 6.89. The Labute approximate surface area is 121 Å². The zero-order chi connectivity index (χ0) is 14.4. The molecule has 0 aliphatic rings. The molecule has 4 rings (SSSR count). The second-order valence-electron chi connectivity index (χ2n) is 5.34. The van der Waals surface area contributed by atoms with E-state index in [0.717, 1.165) is 11.1 Å². The molecule has 0 spiro atoms. The number of benzene rings is 2. The molecule has 0 unspecified atom stereocenters. The summed E-state index contributed by atoms with van der Waals surface area (Å²) in [5.41, 5.74) is 10.5. The van der Waals surface area contributed by atoms with E-state index in [1.807, 2.05) is 18.2 Å². The lowest BCUT2D eigenvalue weighted by Crippen LogP contribution is -1.97. The normalized spacial score (nSPS) is 11.5. The van der Waals surface area contributed by atoms with Crippen LogP contribution >= 0.6 is 0 Å². The third-order valence-electron chi connectivity index (χ3n) is 3.69. The molecule has 0 aliphatic carbocycles. The standard InChI is InChI=1S/C17H15N3O/c1-11-2-3-12-6-7-20(15(12)8-11)10-17-19-14-5-4-13(18)9-16(14)21-17/h2-9H,10,18H2,1H3. The van der Waals surface area contributed by atoms with Gasteiger partial charge in [0.15, 0.2) is 5.58 Å². The summed E-state index contributed by atoms with van der Waals surface area (Å²) in [5, 5.41) is 1.22. The van der Waals surface area contributed by atoms with Crippen LogP contribution in [0, 0.1) is 6.92 Å². The lowest BCUT2D eigenvalue weighted by molar-refractivity contribution is 0.513. The minimum atomic E-state index is 0.613. The summed E-state index contributed by atoms with van der Waals surface area (Å²) in [6.07, 6.45) is 2.06. The van der Waals surface area contributed by atoms with E-state index in [-0.39, 0.29) is 0 Å². The van der Waals surface area contributed by atoms with Crippen LogP contribution in [0.5, 0.6) is 0 Å². The van der Waals surface area contributed by atoms with Crippen molar-refractivity contribution in [1.29, 1.82) is 0 Å². The van der Waals surface area contributed by atoms with Gasteiger partial charge in [0.25, 0.3) is 0 Å². The van der Waals surface area contributed by atoms with Crippen LogP contribution in [-0.2, 0) is 6.54 Å². The molecule has 2 heterocycles. The molecule has 4 heteroatoms. The Morgan fingerprint density at radius 1 is 1.14 bits per heavy atom. The van der Waals surface area contributed by atoms with Gasteiger partial charge in [-0.1, -0.05) is 12.1 Å². The number of hydrogen-bond donors (Lipinski definition) is 1. The van der Waals surface area contributed by atoms with Crippen LogP contribution in [0.3, 0.4) is 0 Å². The number of aryl methyl sites for hydroxylation is 1. The van der Waals surface area contributed by atoms with Gasteiger partial charge in [0.05, 0.1) is 6.54 Å². The van der Waals surface area contributed by atoms with Crippen LogP contribution in [0.25, 0.3) is 22.0 Å². The van der Waals surface area contributed by atoms with E-state index in [0.29, 0.717) is 18.1 Å². The molecule has 0 saturated carbocycles. The summed E-state index contributed by atoms with van der Waals surface area (Å²) in [7, 11) is 0. The second-order valence-corrected chi connectivity index (χ2v) is 5.34. The van der Waals surface area contributed by atoms with Crippen molar-refractivity contribution < 1.29 is 4.42 Å². The minimum Gasteiger partial charge on any atom is -0.439 e. The SMILES string of the molecule is Cc1ccc2ccn(Cc3nc4ccc(N)cc4o3)c2c1. The van der Waals surface area contributed by atoms with Crippen molar-refractivity contribution in [3.05, 3.63) is 60.1 Å². The van der Waals surface area contributed by atoms with Crippen molar-refractivity contribution in [2.75, 3.05) is 5.73 Å². The molecule has 0 saturated heterocycles. The molecule has 21 heavy (non-hydrogen) atoms. The van der Waals surface area contributed by atoms with Crippen LogP contribution in [0.15, 0.2) is 53.1 Å². The van der Waals surface area contributed by atoms with Crippen LogP contribution in [0.2, 0.25) is 0 Å². The largest absolute Gasteiger partial charge is 0.439 e. The third kappa shape index (κ3) is 2.05. The Kier molecular flexibility index (Phi) is 2.51. The fourth-order valence-corrected chi connectivity index (χ4v) is 2.63. The molecule has 0 aliphatic heterocycles. The highest BCUT2D eigenvalue weighted by Gasteiger charge is 2.08. The molecule has 0 fully saturated rings. The van der Waals surface area contributed by atoms with Crippen molar-refractivity contribution in [3.8, 4) is 0 Å². The highest BCUT2D eigenvalue weighted by Crippen LogP contribution is 2.22. The number of aromatic nitrogens is 2. The van der Waals surface area contributed by atoms with Gasteiger partial charge < -0.3 is 14.7 Å². The summed E-state index contributed by atoms with van der Waals surface area (Å²) in [6, 6.07) is 14.1. The van der Waals surface area contributed by atoms with Gasteiger partial charge in [0.1, 0.15) is 5.52 Å². The Morgan fingerprint density at radius 3 is 2.95 bits per heavy atom. The van der Waals surface area contributed by atoms with Crippen molar-refractivity contribution in [2.24, 2.45) is 0 Å². The molecule has 2 N–H and O–H groups in total. The fraction of sp³-hybridized carbons (Fsp3) is 0.118. The van der Waals surface area contributed by atoms with Crippen molar-refractivity contribution in [3.63, 3.8) is 0 Å². The second kappa shape index (κ2) is 4.38. The molecule has 0 radical (unpaired) electrons. The van der Waals surface area contributed by atoms with E-state index in [1.54, 1.807) is 0 Å². The van der Waals surface area contributed by atoms with E-state index in [9.17, 15) is 0 Å². The quantitative estimate of drug-likeness (QED) is 0.568. The number of rotatable bonds is 2. The fourth-order valence-electron chi connectivity index (χ4n) is 2.63. The molecule has 4 nitrogen and oxygen atoms in total. The summed E-state index contributed by atoms with van der Waals surface area (Å²) >= 11 is 0. The average molecular weight is 277 g/mol. The van der Waals surface area contributed by atoms with Gasteiger partial charge in [-0.05, 0) is 42.1 Å². The van der Waals surface area contributed by atoms with Crippen LogP contribution in [0.4, 0.5) is 5.69 Å². The smallest absolute Gasteiger partial charge is 0.215 e. The van der Waals surface area contributed by atoms with Gasteiger partial charge >= 0.3 is 0 Å². The maximum atomic E-state index is 5.79. The summed E-state index contributed by atoms with van der Waals surface area (Å²) in [6.45, 7) is 2.71. The lowest BCUT2D eigenvalue weighted by Gasteiger charge is -2.02. The first-order chi connectivity index (χ1) is 10.2. The van der Waals surface area contributed by atoms with Crippen molar-refractivity contribution in [1.82, 2.24) is 9.55 Å². The summed E-state index contributed by atoms with van der Waals surface area (Å²) in [4.78, 5) is 4.51. The number of nitrogens with two attached hydrogens (primary N) is 1. The number of fused-ring (bicyclic) bond motifs is 2. The van der Waals surface area contributed by atoms with E-state index < -0.39 is 0 Å². The first kappa shape index (κ1) is 12.0. The highest BCUT2D eigenvalue weighted by atomic mass is 16.3. The molecule has 4 aromatic rings. The zero-order valence-electron chi connectivity index (χ0n) is 11.7. The predicted octanol–water partition coefficient (Wildman–Crippen LogP) is 3.72. The number of nitrogen functional groups attached to an aromatic ring is 1. The molecule has 0 amide bonds. The van der Waals surface area contributed by atoms with Gasteiger partial charge in [-0.15, -0.1) is 0 Å². The zero-order valence-corrected chi connectivity index (χ0v) is 11.7. The summed E-state index contributed by atoms with van der Waals surface area (Å²) < 4.78 is 7.94. The minimum absolute atomic E-state index is 0.613. The lowest BCUT2D eigenvalue weighted by atomic mass is 10.2. The van der Waals surface area contributed by atoms with Crippen LogP contribution in [0.1, 0.15) is 11.5 Å². The molecule has 104 valence electrons. The Morgan fingerprint density at radius 2 is 2.05 bits per heavy atom. The maximum Gasteiger partial charge on any atom is 0.215 e. The first-order valence-electron chi connectivity index (χ1n) is 6.89. The molecule has 2 aromatic heterocycles. The maximum absolute atomic E-state index is 5.79. The van der Waals surface area contributed by atoms with Crippen LogP contribution in [-0.4, -0.2) is 9.55 Å². The highest BCUT2D eigenvalue weighted by molar-refractivity contribution is 5.81. The van der Waals surface area contributed by atoms with E-state index >= 15 is 0 Å². The predicted molar refractivity (Wildman–Crippen MR) is 84.2 cm³/mol. The topological polar surface area (TPSA) is 57.0 Å². The van der Waals surface area contributed by atoms with Gasteiger partial charge in [-0.25, -0.2) is 4.98 Å². The van der Waals surface area contributed by atoms with E-state index in [1.165, 1.54) is 16.5 Å². The Hall–Kier alpha value is -2.75. The van der Waals surface area contributed by atoms with E-state index in [2.05, 4.69) is 46.9 Å². The monoisotopic (exact) mass is 277 g/mol. The summed E-state index contributed by atoms with van der Waals surface area (Å²) in [5.74, 6) is 0.689. The molecule has 0 bridgehead atoms. The van der Waals surface area contributed by atoms with Gasteiger partial charge in [0.2, 0.25) is 5.89 Å². The third-order valence-corrected chi connectivity index (χ3v) is 3.69. The number of anilines is 1. The molecule has 0 atom stereocenters. The molecular weight excluding hydrogens is 262 g/mol. The number of hydrogen-bond acceptors (Lipinski definition) is 3. The van der Waals surface area contributed by atoms with Gasteiger partial charge in [-0.3, -0.25) is 0 Å². The van der Waals surface area contributed by atoms with Crippen molar-refractivity contribution in [2.45, 2.75) is 13.5 Å². The van der Waals surface area contributed by atoms with Gasteiger partial charge in [0, 0.05) is 23.5 Å². The average Bonchev–Trinajstić information content (AvgIpc) is 3.02. The number of oxazole rings is 1. The Bertz CT molecular complexity index is 949. The number of nitrogens with zero attached hydrogens (tertiary/aromatic N) is 2. The van der Waals surface area contributed by atoms with Crippen molar-refractivity contribution >= 4 is 27.7 Å².